The van der Waals surface area contributed by atoms with Gasteiger partial charge < -0.3 is 11.1 Å². The lowest BCUT2D eigenvalue weighted by molar-refractivity contribution is 0.506. The smallest absolute Gasteiger partial charge is 0.0442 e. The minimum atomic E-state index is 0.232. The van der Waals surface area contributed by atoms with Crippen LogP contribution >= 0.6 is 0 Å². The Balaban J connectivity index is 1.83. The zero-order valence-electron chi connectivity index (χ0n) is 11.4. The summed E-state index contributed by atoms with van der Waals surface area (Å²) >= 11 is 0. The van der Waals surface area contributed by atoms with E-state index in [2.05, 4.69) is 47.8 Å². The molecule has 0 amide bonds. The largest absolute Gasteiger partial charge is 0.330 e. The van der Waals surface area contributed by atoms with E-state index in [0.29, 0.717) is 0 Å². The van der Waals surface area contributed by atoms with Gasteiger partial charge in [-0.3, -0.25) is 0 Å². The number of hydrogen-bond donors (Lipinski definition) is 2. The van der Waals surface area contributed by atoms with Crippen molar-refractivity contribution in [3.63, 3.8) is 0 Å². The molecule has 1 aliphatic rings. The Bertz CT molecular complexity index is 553. The summed E-state index contributed by atoms with van der Waals surface area (Å²) in [5.41, 5.74) is 7.25. The zero-order valence-corrected chi connectivity index (χ0v) is 11.4. The number of rotatable bonds is 6. The van der Waals surface area contributed by atoms with Crippen molar-refractivity contribution in [2.75, 3.05) is 13.1 Å². The first-order chi connectivity index (χ1) is 9.36. The summed E-state index contributed by atoms with van der Waals surface area (Å²) in [6.07, 6.45) is 4.79. The molecule has 0 atom stereocenters. The summed E-state index contributed by atoms with van der Waals surface area (Å²) < 4.78 is 0. The number of unbranched alkanes of at least 4 members (excludes halogenated alkanes) is 1. The highest BCUT2D eigenvalue weighted by Gasteiger charge is 2.44. The first kappa shape index (κ1) is 12.6. The van der Waals surface area contributed by atoms with E-state index in [1.807, 2.05) is 0 Å². The van der Waals surface area contributed by atoms with Crippen molar-refractivity contribution in [1.29, 1.82) is 0 Å². The van der Waals surface area contributed by atoms with Gasteiger partial charge in [-0.05, 0) is 55.1 Å². The van der Waals surface area contributed by atoms with Crippen LogP contribution in [0.4, 0.5) is 0 Å². The topological polar surface area (TPSA) is 38.0 Å². The molecule has 0 radical (unpaired) electrons. The van der Waals surface area contributed by atoms with Gasteiger partial charge in [0.2, 0.25) is 0 Å². The van der Waals surface area contributed by atoms with Crippen molar-refractivity contribution in [2.45, 2.75) is 31.2 Å². The Morgan fingerprint density at radius 2 is 1.79 bits per heavy atom. The van der Waals surface area contributed by atoms with Gasteiger partial charge in [-0.1, -0.05) is 42.5 Å². The molecule has 0 aromatic heterocycles. The summed E-state index contributed by atoms with van der Waals surface area (Å²) in [6.45, 7) is 1.86. The Morgan fingerprint density at radius 1 is 1.00 bits per heavy atom. The molecule has 100 valence electrons. The van der Waals surface area contributed by atoms with Crippen molar-refractivity contribution in [3.8, 4) is 0 Å². The molecule has 0 spiro atoms. The van der Waals surface area contributed by atoms with Crippen LogP contribution in [-0.2, 0) is 5.54 Å². The maximum Gasteiger partial charge on any atom is 0.0442 e. The van der Waals surface area contributed by atoms with Gasteiger partial charge in [-0.25, -0.2) is 0 Å². The molecule has 1 saturated carbocycles. The number of fused-ring (bicyclic) bond motifs is 1. The lowest BCUT2D eigenvalue weighted by Crippen LogP contribution is -2.30. The maximum atomic E-state index is 5.55. The number of nitrogens with one attached hydrogen (secondary N) is 1. The third-order valence-electron chi connectivity index (χ3n) is 4.15. The normalized spacial score (nSPS) is 16.7. The van der Waals surface area contributed by atoms with Crippen LogP contribution in [-0.4, -0.2) is 13.1 Å². The van der Waals surface area contributed by atoms with E-state index in [-0.39, 0.29) is 5.54 Å². The average molecular weight is 254 g/mol. The second-order valence-electron chi connectivity index (χ2n) is 5.53. The number of hydrogen-bond acceptors (Lipinski definition) is 2. The average Bonchev–Trinajstić information content (AvgIpc) is 3.24. The fourth-order valence-electron chi connectivity index (χ4n) is 2.91. The summed E-state index contributed by atoms with van der Waals surface area (Å²) in [5, 5.41) is 6.50. The third kappa shape index (κ3) is 2.51. The van der Waals surface area contributed by atoms with Gasteiger partial charge in [-0.2, -0.15) is 0 Å². The van der Waals surface area contributed by atoms with Crippen LogP contribution in [0.2, 0.25) is 0 Å². The Hall–Kier alpha value is -1.38. The van der Waals surface area contributed by atoms with Gasteiger partial charge in [-0.15, -0.1) is 0 Å². The maximum absolute atomic E-state index is 5.55. The monoisotopic (exact) mass is 254 g/mol. The molecule has 19 heavy (non-hydrogen) atoms. The highest BCUT2D eigenvalue weighted by atomic mass is 15.0. The predicted molar refractivity (Wildman–Crippen MR) is 81.2 cm³/mol. The molecule has 3 N–H and O–H groups in total. The van der Waals surface area contributed by atoms with Crippen LogP contribution in [0.3, 0.4) is 0 Å². The van der Waals surface area contributed by atoms with Crippen LogP contribution in [0.15, 0.2) is 42.5 Å². The quantitative estimate of drug-likeness (QED) is 0.777. The first-order valence-corrected chi connectivity index (χ1v) is 7.29. The van der Waals surface area contributed by atoms with Gasteiger partial charge in [0.1, 0.15) is 0 Å². The van der Waals surface area contributed by atoms with E-state index in [1.165, 1.54) is 35.6 Å². The summed E-state index contributed by atoms with van der Waals surface area (Å²) in [6, 6.07) is 15.3. The lowest BCUT2D eigenvalue weighted by Gasteiger charge is -2.20. The van der Waals surface area contributed by atoms with E-state index < -0.39 is 0 Å². The molecular weight excluding hydrogens is 232 g/mol. The molecule has 2 nitrogen and oxygen atoms in total. The van der Waals surface area contributed by atoms with Gasteiger partial charge in [0.25, 0.3) is 0 Å². The summed E-state index contributed by atoms with van der Waals surface area (Å²) in [4.78, 5) is 0. The standard InChI is InChI=1S/C17H22N2/c18-12-3-4-13-19-17(10-11-17)16-9-5-7-14-6-1-2-8-15(14)16/h1-2,5-9,19H,3-4,10-13,18H2. The lowest BCUT2D eigenvalue weighted by atomic mass is 9.97. The van der Waals surface area contributed by atoms with Crippen molar-refractivity contribution in [3.05, 3.63) is 48.0 Å². The van der Waals surface area contributed by atoms with E-state index in [9.17, 15) is 0 Å². The number of nitrogens with two attached hydrogens (primary N) is 1. The highest BCUT2D eigenvalue weighted by molar-refractivity contribution is 5.87. The molecule has 0 aliphatic heterocycles. The molecule has 2 aromatic rings. The van der Waals surface area contributed by atoms with Gasteiger partial charge in [0.15, 0.2) is 0 Å². The van der Waals surface area contributed by atoms with E-state index >= 15 is 0 Å². The molecule has 3 rings (SSSR count). The van der Waals surface area contributed by atoms with Crippen molar-refractivity contribution >= 4 is 10.8 Å². The van der Waals surface area contributed by atoms with Gasteiger partial charge in [0, 0.05) is 5.54 Å². The number of benzene rings is 2. The van der Waals surface area contributed by atoms with E-state index in [1.54, 1.807) is 0 Å². The van der Waals surface area contributed by atoms with Gasteiger partial charge in [0.05, 0.1) is 0 Å². The first-order valence-electron chi connectivity index (χ1n) is 7.29. The molecule has 1 fully saturated rings. The molecule has 0 heterocycles. The van der Waals surface area contributed by atoms with Crippen LogP contribution < -0.4 is 11.1 Å². The van der Waals surface area contributed by atoms with Crippen molar-refractivity contribution in [1.82, 2.24) is 5.32 Å². The SMILES string of the molecule is NCCCCNC1(c2cccc3ccccc23)CC1. The van der Waals surface area contributed by atoms with Crippen molar-refractivity contribution in [2.24, 2.45) is 5.73 Å². The van der Waals surface area contributed by atoms with Crippen LogP contribution in [0.25, 0.3) is 10.8 Å². The molecule has 0 saturated heterocycles. The van der Waals surface area contributed by atoms with Crippen molar-refractivity contribution < 1.29 is 0 Å². The van der Waals surface area contributed by atoms with E-state index in [0.717, 1.165) is 19.5 Å². The minimum absolute atomic E-state index is 0.232. The molecule has 2 heteroatoms. The molecular formula is C17H22N2. The summed E-state index contributed by atoms with van der Waals surface area (Å²) in [7, 11) is 0. The predicted octanol–water partition coefficient (Wildman–Crippen LogP) is 3.16. The Labute approximate surface area is 115 Å². The second-order valence-corrected chi connectivity index (χ2v) is 5.53. The minimum Gasteiger partial charge on any atom is -0.330 e. The Morgan fingerprint density at radius 3 is 2.58 bits per heavy atom. The highest BCUT2D eigenvalue weighted by Crippen LogP contribution is 2.47. The molecule has 2 aromatic carbocycles. The summed E-state index contributed by atoms with van der Waals surface area (Å²) in [5.74, 6) is 0. The third-order valence-corrected chi connectivity index (χ3v) is 4.15. The zero-order chi connectivity index (χ0) is 13.1. The molecule has 1 aliphatic carbocycles. The van der Waals surface area contributed by atoms with Gasteiger partial charge >= 0.3 is 0 Å². The fourth-order valence-corrected chi connectivity index (χ4v) is 2.91. The molecule has 0 unspecified atom stereocenters. The fraction of sp³-hybridized carbons (Fsp3) is 0.412. The van der Waals surface area contributed by atoms with Crippen LogP contribution in [0.5, 0.6) is 0 Å². The molecule has 0 bridgehead atoms. The van der Waals surface area contributed by atoms with Crippen LogP contribution in [0, 0.1) is 0 Å². The van der Waals surface area contributed by atoms with Crippen LogP contribution in [0.1, 0.15) is 31.2 Å². The second kappa shape index (κ2) is 5.32. The Kier molecular flexibility index (Phi) is 3.54. The van der Waals surface area contributed by atoms with E-state index in [4.69, 9.17) is 5.73 Å².